The van der Waals surface area contributed by atoms with Crippen LogP contribution in [-0.2, 0) is 17.1 Å². The summed E-state index contributed by atoms with van der Waals surface area (Å²) in [5.74, 6) is 0.0368. The number of carboxylic acids is 1. The van der Waals surface area contributed by atoms with Crippen LogP contribution < -0.4 is 5.32 Å². The fourth-order valence-electron chi connectivity index (χ4n) is 1.67. The highest BCUT2D eigenvalue weighted by atomic mass is 32.2. The number of thioether (sulfide) groups is 1. The van der Waals surface area contributed by atoms with Gasteiger partial charge in [-0.25, -0.2) is 4.79 Å². The van der Waals surface area contributed by atoms with Crippen LogP contribution in [0.5, 0.6) is 0 Å². The third-order valence-electron chi connectivity index (χ3n) is 2.75. The number of hydrogen-bond donors (Lipinski definition) is 2. The maximum atomic E-state index is 11.8. The molecule has 0 aliphatic carbocycles. The minimum absolute atomic E-state index is 0.0485. The fraction of sp³-hybridized carbons (Fsp3) is 0.429. The summed E-state index contributed by atoms with van der Waals surface area (Å²) in [7, 11) is 1.59. The first kappa shape index (κ1) is 16.4. The summed E-state index contributed by atoms with van der Waals surface area (Å²) in [6.45, 7) is 0.645. The predicted octanol–water partition coefficient (Wildman–Crippen LogP) is 2.17. The van der Waals surface area contributed by atoms with Crippen LogP contribution in [0.4, 0.5) is 4.79 Å². The highest BCUT2D eigenvalue weighted by Crippen LogP contribution is 2.11. The zero-order chi connectivity index (χ0) is 15.0. The number of rotatable bonds is 7. The molecule has 6 heteroatoms. The monoisotopic (exact) mass is 296 g/mol. The van der Waals surface area contributed by atoms with Crippen molar-refractivity contribution in [3.63, 3.8) is 0 Å². The van der Waals surface area contributed by atoms with Crippen LogP contribution in [-0.4, -0.2) is 41.9 Å². The van der Waals surface area contributed by atoms with Gasteiger partial charge < -0.3 is 15.3 Å². The Morgan fingerprint density at radius 2 is 2.05 bits per heavy atom. The predicted molar refractivity (Wildman–Crippen MR) is 80.8 cm³/mol. The van der Waals surface area contributed by atoms with Crippen LogP contribution >= 0.6 is 11.8 Å². The molecule has 1 aromatic carbocycles. The van der Waals surface area contributed by atoms with E-state index in [2.05, 4.69) is 17.4 Å². The summed E-state index contributed by atoms with van der Waals surface area (Å²) >= 11 is 1.75. The molecule has 0 saturated carbocycles. The summed E-state index contributed by atoms with van der Waals surface area (Å²) < 4.78 is 0. The van der Waals surface area contributed by atoms with E-state index in [0.29, 0.717) is 6.54 Å². The highest BCUT2D eigenvalue weighted by Gasteiger charge is 2.09. The zero-order valence-corrected chi connectivity index (χ0v) is 12.6. The van der Waals surface area contributed by atoms with Crippen molar-refractivity contribution in [3.8, 4) is 0 Å². The van der Waals surface area contributed by atoms with Gasteiger partial charge in [0.1, 0.15) is 0 Å². The molecule has 0 aromatic heterocycles. The van der Waals surface area contributed by atoms with Crippen LogP contribution in [0.1, 0.15) is 17.5 Å². The lowest BCUT2D eigenvalue weighted by Gasteiger charge is -2.17. The van der Waals surface area contributed by atoms with Crippen LogP contribution in [0, 0.1) is 0 Å². The Kier molecular flexibility index (Phi) is 6.93. The van der Waals surface area contributed by atoms with Crippen molar-refractivity contribution in [1.82, 2.24) is 10.2 Å². The molecular weight excluding hydrogens is 276 g/mol. The van der Waals surface area contributed by atoms with Gasteiger partial charge in [0.2, 0.25) is 0 Å². The van der Waals surface area contributed by atoms with E-state index in [1.807, 2.05) is 18.4 Å². The van der Waals surface area contributed by atoms with E-state index >= 15 is 0 Å². The van der Waals surface area contributed by atoms with Gasteiger partial charge in [0.25, 0.3) is 0 Å². The van der Waals surface area contributed by atoms with Crippen molar-refractivity contribution in [1.29, 1.82) is 0 Å². The quantitative estimate of drug-likeness (QED) is 0.809. The number of benzene rings is 1. The van der Waals surface area contributed by atoms with Crippen LogP contribution in [0.15, 0.2) is 24.3 Å². The molecule has 0 saturated heterocycles. The molecule has 1 aromatic rings. The highest BCUT2D eigenvalue weighted by molar-refractivity contribution is 7.97. The van der Waals surface area contributed by atoms with E-state index < -0.39 is 5.97 Å². The smallest absolute Gasteiger partial charge is 0.317 e. The number of carbonyl (C=O) groups is 2. The number of carbonyl (C=O) groups excluding carboxylic acids is 1. The minimum Gasteiger partial charge on any atom is -0.481 e. The summed E-state index contributed by atoms with van der Waals surface area (Å²) in [6, 6.07) is 7.79. The average Bonchev–Trinajstić information content (AvgIpc) is 2.43. The first-order valence-electron chi connectivity index (χ1n) is 6.30. The molecule has 0 atom stereocenters. The Bertz CT molecular complexity index is 465. The average molecular weight is 296 g/mol. The number of urea groups is 1. The van der Waals surface area contributed by atoms with Crippen molar-refractivity contribution >= 4 is 23.8 Å². The summed E-state index contributed by atoms with van der Waals surface area (Å²) in [5, 5.41) is 11.4. The van der Waals surface area contributed by atoms with Gasteiger partial charge >= 0.3 is 12.0 Å². The molecular formula is C14H20N2O3S. The molecule has 2 amide bonds. The van der Waals surface area contributed by atoms with Gasteiger partial charge in [-0.1, -0.05) is 24.3 Å². The first-order valence-corrected chi connectivity index (χ1v) is 7.70. The Morgan fingerprint density at radius 3 is 2.70 bits per heavy atom. The number of aliphatic carboxylic acids is 1. The molecule has 0 bridgehead atoms. The number of nitrogens with zero attached hydrogens (tertiary/aromatic N) is 1. The first-order chi connectivity index (χ1) is 9.52. The molecule has 0 radical (unpaired) electrons. The summed E-state index contributed by atoms with van der Waals surface area (Å²) in [6.07, 6.45) is 2.00. The van der Waals surface area contributed by atoms with E-state index in [4.69, 9.17) is 5.11 Å². The van der Waals surface area contributed by atoms with Gasteiger partial charge in [-0.05, 0) is 17.4 Å². The Morgan fingerprint density at radius 1 is 1.35 bits per heavy atom. The molecule has 0 aliphatic rings. The second-order valence-corrected chi connectivity index (χ2v) is 5.34. The lowest BCUT2D eigenvalue weighted by molar-refractivity contribution is -0.137. The second-order valence-electron chi connectivity index (χ2n) is 4.48. The topological polar surface area (TPSA) is 69.6 Å². The molecule has 0 fully saturated rings. The molecule has 0 heterocycles. The molecule has 5 nitrogen and oxygen atoms in total. The van der Waals surface area contributed by atoms with Crippen molar-refractivity contribution in [2.45, 2.75) is 18.7 Å². The number of carboxylic acid groups (broad SMARTS) is 1. The molecule has 0 unspecified atom stereocenters. The molecule has 1 rings (SSSR count). The van der Waals surface area contributed by atoms with Crippen molar-refractivity contribution < 1.29 is 14.7 Å². The van der Waals surface area contributed by atoms with Crippen LogP contribution in [0.2, 0.25) is 0 Å². The van der Waals surface area contributed by atoms with E-state index in [1.165, 1.54) is 10.5 Å². The van der Waals surface area contributed by atoms with Gasteiger partial charge in [-0.3, -0.25) is 4.79 Å². The molecule has 110 valence electrons. The zero-order valence-electron chi connectivity index (χ0n) is 11.8. The summed E-state index contributed by atoms with van der Waals surface area (Å²) in [5.41, 5.74) is 2.26. The van der Waals surface area contributed by atoms with Crippen LogP contribution in [0.25, 0.3) is 0 Å². The normalized spacial score (nSPS) is 10.1. The lowest BCUT2D eigenvalue weighted by Crippen LogP contribution is -2.37. The van der Waals surface area contributed by atoms with Gasteiger partial charge in [0, 0.05) is 25.9 Å². The van der Waals surface area contributed by atoms with Gasteiger partial charge in [-0.15, -0.1) is 0 Å². The number of amides is 2. The number of hydrogen-bond acceptors (Lipinski definition) is 3. The molecule has 20 heavy (non-hydrogen) atoms. The maximum absolute atomic E-state index is 11.8. The summed E-state index contributed by atoms with van der Waals surface area (Å²) in [4.78, 5) is 23.6. The lowest BCUT2D eigenvalue weighted by atomic mass is 10.1. The van der Waals surface area contributed by atoms with Gasteiger partial charge in [-0.2, -0.15) is 11.8 Å². The standard InChI is InChI=1S/C14H20N2O3S/c1-16(7-6-13(17)18)14(19)15-9-11-4-3-5-12(8-11)10-20-2/h3-5,8H,6-7,9-10H2,1-2H3,(H,15,19)(H,17,18). The SMILES string of the molecule is CSCc1cccc(CNC(=O)N(C)CCC(=O)O)c1. The van der Waals surface area contributed by atoms with Crippen molar-refractivity contribution in [3.05, 3.63) is 35.4 Å². The van der Waals surface area contributed by atoms with E-state index in [0.717, 1.165) is 11.3 Å². The largest absolute Gasteiger partial charge is 0.481 e. The van der Waals surface area contributed by atoms with E-state index in [-0.39, 0.29) is 19.0 Å². The Balaban J connectivity index is 2.43. The fourth-order valence-corrected chi connectivity index (χ4v) is 2.19. The van der Waals surface area contributed by atoms with Crippen molar-refractivity contribution in [2.75, 3.05) is 19.8 Å². The molecule has 0 aliphatic heterocycles. The molecule has 0 spiro atoms. The number of nitrogens with one attached hydrogen (secondary N) is 1. The van der Waals surface area contributed by atoms with Gasteiger partial charge in [0.15, 0.2) is 0 Å². The van der Waals surface area contributed by atoms with Gasteiger partial charge in [0.05, 0.1) is 6.42 Å². The van der Waals surface area contributed by atoms with Crippen LogP contribution in [0.3, 0.4) is 0 Å². The maximum Gasteiger partial charge on any atom is 0.317 e. The van der Waals surface area contributed by atoms with Crippen molar-refractivity contribution in [2.24, 2.45) is 0 Å². The third-order valence-corrected chi connectivity index (χ3v) is 3.38. The minimum atomic E-state index is -0.908. The van der Waals surface area contributed by atoms with E-state index in [1.54, 1.807) is 18.8 Å². The Hall–Kier alpha value is -1.69. The third kappa shape index (κ3) is 5.97. The second kappa shape index (κ2) is 8.47. The molecule has 2 N–H and O–H groups in total. The van der Waals surface area contributed by atoms with E-state index in [9.17, 15) is 9.59 Å². The Labute approximate surface area is 123 Å².